The molecule has 13 heavy (non-hydrogen) atoms. The van der Waals surface area contributed by atoms with Crippen LogP contribution in [0.4, 0.5) is 0 Å². The minimum atomic E-state index is 0.662. The average Bonchev–Trinajstić information content (AvgIpc) is 2.71. The van der Waals surface area contributed by atoms with Gasteiger partial charge in [0.2, 0.25) is 0 Å². The van der Waals surface area contributed by atoms with Crippen molar-refractivity contribution in [1.82, 2.24) is 0 Å². The number of rotatable bonds is 1. The fourth-order valence-corrected chi connectivity index (χ4v) is 1.25. The summed E-state index contributed by atoms with van der Waals surface area (Å²) in [6.45, 7) is 0.662. The van der Waals surface area contributed by atoms with Gasteiger partial charge < -0.3 is 4.84 Å². The quantitative estimate of drug-likeness (QED) is 0.647. The van der Waals surface area contributed by atoms with Gasteiger partial charge in [-0.05, 0) is 17.7 Å². The topological polar surface area (TPSA) is 45.4 Å². The van der Waals surface area contributed by atoms with Crippen molar-refractivity contribution in [2.24, 2.45) is 5.16 Å². The SMILES string of the molecule is N#Cc1ccc(C2=NOCC2)cc1. The van der Waals surface area contributed by atoms with Gasteiger partial charge in [0, 0.05) is 6.42 Å². The molecular weight excluding hydrogens is 164 g/mol. The maximum absolute atomic E-state index is 8.59. The fourth-order valence-electron chi connectivity index (χ4n) is 1.25. The van der Waals surface area contributed by atoms with E-state index in [1.165, 1.54) is 0 Å². The monoisotopic (exact) mass is 172 g/mol. The van der Waals surface area contributed by atoms with E-state index in [4.69, 9.17) is 10.1 Å². The molecule has 0 saturated heterocycles. The lowest BCUT2D eigenvalue weighted by Gasteiger charge is -1.96. The van der Waals surface area contributed by atoms with Crippen LogP contribution in [0.15, 0.2) is 29.4 Å². The summed E-state index contributed by atoms with van der Waals surface area (Å²) < 4.78 is 0. The number of nitriles is 1. The molecule has 1 aliphatic heterocycles. The van der Waals surface area contributed by atoms with E-state index in [0.29, 0.717) is 12.2 Å². The summed E-state index contributed by atoms with van der Waals surface area (Å²) >= 11 is 0. The average molecular weight is 172 g/mol. The molecule has 2 rings (SSSR count). The second-order valence-corrected chi connectivity index (χ2v) is 2.81. The molecule has 0 N–H and O–H groups in total. The van der Waals surface area contributed by atoms with Crippen molar-refractivity contribution in [1.29, 1.82) is 5.26 Å². The van der Waals surface area contributed by atoms with Crippen molar-refractivity contribution in [2.75, 3.05) is 6.61 Å². The number of hydrogen-bond donors (Lipinski definition) is 0. The Morgan fingerprint density at radius 3 is 2.62 bits per heavy atom. The van der Waals surface area contributed by atoms with E-state index >= 15 is 0 Å². The van der Waals surface area contributed by atoms with Gasteiger partial charge in [0.1, 0.15) is 6.61 Å². The minimum absolute atomic E-state index is 0.662. The molecule has 1 aromatic rings. The van der Waals surface area contributed by atoms with Crippen LogP contribution in [-0.4, -0.2) is 12.3 Å². The van der Waals surface area contributed by atoms with Gasteiger partial charge in [-0.2, -0.15) is 5.26 Å². The van der Waals surface area contributed by atoms with E-state index < -0.39 is 0 Å². The number of oxime groups is 1. The summed E-state index contributed by atoms with van der Waals surface area (Å²) in [6, 6.07) is 9.44. The summed E-state index contributed by atoms with van der Waals surface area (Å²) in [6.07, 6.45) is 0.853. The smallest absolute Gasteiger partial charge is 0.122 e. The third-order valence-corrected chi connectivity index (χ3v) is 1.95. The van der Waals surface area contributed by atoms with Gasteiger partial charge in [-0.3, -0.25) is 0 Å². The van der Waals surface area contributed by atoms with Crippen LogP contribution in [-0.2, 0) is 4.84 Å². The van der Waals surface area contributed by atoms with E-state index in [9.17, 15) is 0 Å². The molecule has 0 amide bonds. The fraction of sp³-hybridized carbons (Fsp3) is 0.200. The van der Waals surface area contributed by atoms with Gasteiger partial charge in [-0.1, -0.05) is 17.3 Å². The highest BCUT2D eigenvalue weighted by Gasteiger charge is 2.09. The van der Waals surface area contributed by atoms with Crippen LogP contribution in [0.3, 0.4) is 0 Å². The van der Waals surface area contributed by atoms with Gasteiger partial charge in [0.25, 0.3) is 0 Å². The second-order valence-electron chi connectivity index (χ2n) is 2.81. The van der Waals surface area contributed by atoms with Crippen LogP contribution in [0.1, 0.15) is 17.5 Å². The Balaban J connectivity index is 2.28. The third kappa shape index (κ3) is 1.52. The standard InChI is InChI=1S/C10H8N2O/c11-7-8-1-3-9(4-2-8)10-5-6-13-12-10/h1-4H,5-6H2. The van der Waals surface area contributed by atoms with Gasteiger partial charge in [-0.15, -0.1) is 0 Å². The van der Waals surface area contributed by atoms with Crippen molar-refractivity contribution in [3.05, 3.63) is 35.4 Å². The van der Waals surface area contributed by atoms with E-state index in [0.717, 1.165) is 17.7 Å². The lowest BCUT2D eigenvalue weighted by Crippen LogP contribution is -1.96. The highest BCUT2D eigenvalue weighted by molar-refractivity contribution is 6.00. The van der Waals surface area contributed by atoms with Crippen molar-refractivity contribution in [3.63, 3.8) is 0 Å². The molecule has 64 valence electrons. The van der Waals surface area contributed by atoms with Gasteiger partial charge in [0.05, 0.1) is 17.3 Å². The summed E-state index contributed by atoms with van der Waals surface area (Å²) in [7, 11) is 0. The summed E-state index contributed by atoms with van der Waals surface area (Å²) in [5.74, 6) is 0. The normalized spacial score (nSPS) is 14.5. The lowest BCUT2D eigenvalue weighted by atomic mass is 10.1. The Hall–Kier alpha value is -1.82. The molecule has 1 aromatic carbocycles. The summed E-state index contributed by atoms with van der Waals surface area (Å²) in [5.41, 5.74) is 2.67. The third-order valence-electron chi connectivity index (χ3n) is 1.95. The molecule has 0 bridgehead atoms. The predicted molar refractivity (Wildman–Crippen MR) is 48.3 cm³/mol. The first-order valence-electron chi connectivity index (χ1n) is 4.09. The zero-order valence-electron chi connectivity index (χ0n) is 7.03. The van der Waals surface area contributed by atoms with Crippen LogP contribution in [0, 0.1) is 11.3 Å². The van der Waals surface area contributed by atoms with Crippen molar-refractivity contribution >= 4 is 5.71 Å². The lowest BCUT2D eigenvalue weighted by molar-refractivity contribution is 0.174. The highest BCUT2D eigenvalue weighted by Crippen LogP contribution is 2.11. The summed E-state index contributed by atoms with van der Waals surface area (Å²) in [5, 5.41) is 12.5. The Labute approximate surface area is 76.2 Å². The Morgan fingerprint density at radius 1 is 1.31 bits per heavy atom. The molecule has 0 atom stereocenters. The molecule has 1 heterocycles. The molecule has 0 fully saturated rings. The molecule has 1 aliphatic rings. The number of nitrogens with zero attached hydrogens (tertiary/aromatic N) is 2. The Bertz CT molecular complexity index is 373. The van der Waals surface area contributed by atoms with Gasteiger partial charge in [0.15, 0.2) is 0 Å². The molecular formula is C10H8N2O. The molecule has 0 unspecified atom stereocenters. The molecule has 3 heteroatoms. The van der Waals surface area contributed by atoms with Crippen LogP contribution >= 0.6 is 0 Å². The number of hydrogen-bond acceptors (Lipinski definition) is 3. The van der Waals surface area contributed by atoms with Crippen LogP contribution in [0.2, 0.25) is 0 Å². The molecule has 3 nitrogen and oxygen atoms in total. The zero-order chi connectivity index (χ0) is 9.10. The summed E-state index contributed by atoms with van der Waals surface area (Å²) in [4.78, 5) is 4.89. The predicted octanol–water partition coefficient (Wildman–Crippen LogP) is 1.68. The van der Waals surface area contributed by atoms with Crippen molar-refractivity contribution < 1.29 is 4.84 Å². The number of benzene rings is 1. The Morgan fingerprint density at radius 2 is 2.08 bits per heavy atom. The van der Waals surface area contributed by atoms with Gasteiger partial charge in [-0.25, -0.2) is 0 Å². The molecule has 0 spiro atoms. The van der Waals surface area contributed by atoms with Crippen molar-refractivity contribution in [2.45, 2.75) is 6.42 Å². The molecule has 0 saturated carbocycles. The van der Waals surface area contributed by atoms with E-state index in [-0.39, 0.29) is 0 Å². The zero-order valence-corrected chi connectivity index (χ0v) is 7.03. The Kier molecular flexibility index (Phi) is 1.97. The maximum atomic E-state index is 8.59. The van der Waals surface area contributed by atoms with Crippen LogP contribution < -0.4 is 0 Å². The van der Waals surface area contributed by atoms with Crippen LogP contribution in [0.5, 0.6) is 0 Å². The first kappa shape index (κ1) is 7.81. The van der Waals surface area contributed by atoms with E-state index in [1.54, 1.807) is 12.1 Å². The molecule has 0 aliphatic carbocycles. The minimum Gasteiger partial charge on any atom is -0.395 e. The van der Waals surface area contributed by atoms with E-state index in [1.807, 2.05) is 12.1 Å². The first-order valence-corrected chi connectivity index (χ1v) is 4.09. The molecule has 0 radical (unpaired) electrons. The second kappa shape index (κ2) is 3.28. The van der Waals surface area contributed by atoms with Crippen LogP contribution in [0.25, 0.3) is 0 Å². The van der Waals surface area contributed by atoms with Gasteiger partial charge >= 0.3 is 0 Å². The highest BCUT2D eigenvalue weighted by atomic mass is 16.6. The maximum Gasteiger partial charge on any atom is 0.122 e. The largest absolute Gasteiger partial charge is 0.395 e. The van der Waals surface area contributed by atoms with Crippen molar-refractivity contribution in [3.8, 4) is 6.07 Å². The first-order chi connectivity index (χ1) is 6.40. The molecule has 0 aromatic heterocycles. The van der Waals surface area contributed by atoms with E-state index in [2.05, 4.69) is 11.2 Å².